The number of ketones is 2. The van der Waals surface area contributed by atoms with E-state index in [4.69, 9.17) is 0 Å². The van der Waals surface area contributed by atoms with E-state index in [9.17, 15) is 9.59 Å². The van der Waals surface area contributed by atoms with Gasteiger partial charge in [0.1, 0.15) is 5.78 Å². The second-order valence-electron chi connectivity index (χ2n) is 6.77. The van der Waals surface area contributed by atoms with Crippen LogP contribution in [0.4, 0.5) is 0 Å². The van der Waals surface area contributed by atoms with E-state index in [-0.39, 0.29) is 28.3 Å². The van der Waals surface area contributed by atoms with Crippen molar-refractivity contribution >= 4 is 11.6 Å². The Bertz CT molecular complexity index is 544. The van der Waals surface area contributed by atoms with Gasteiger partial charge in [0.15, 0.2) is 5.78 Å². The molecule has 3 atom stereocenters. The molecule has 0 N–H and O–H groups in total. The summed E-state index contributed by atoms with van der Waals surface area (Å²) in [4.78, 5) is 25.4. The molecule has 3 rings (SSSR count). The first kappa shape index (κ1) is 12.6. The molecular formula is C17H20O2. The first-order chi connectivity index (χ1) is 8.89. The van der Waals surface area contributed by atoms with Crippen LogP contribution in [0.15, 0.2) is 30.3 Å². The molecule has 2 saturated carbocycles. The highest BCUT2D eigenvalue weighted by molar-refractivity contribution is 6.14. The summed E-state index contributed by atoms with van der Waals surface area (Å²) >= 11 is 0. The van der Waals surface area contributed by atoms with Crippen molar-refractivity contribution in [1.29, 1.82) is 0 Å². The Kier molecular flexibility index (Phi) is 2.51. The van der Waals surface area contributed by atoms with Crippen molar-refractivity contribution in [3.05, 3.63) is 35.9 Å². The molecule has 100 valence electrons. The van der Waals surface area contributed by atoms with Crippen molar-refractivity contribution in [2.45, 2.75) is 33.6 Å². The van der Waals surface area contributed by atoms with Crippen molar-refractivity contribution in [3.63, 3.8) is 0 Å². The zero-order chi connectivity index (χ0) is 13.8. The molecule has 2 heteroatoms. The second-order valence-corrected chi connectivity index (χ2v) is 6.77. The summed E-state index contributed by atoms with van der Waals surface area (Å²) < 4.78 is 0. The number of Topliss-reactive ketones (excluding diaryl/α,β-unsaturated/α-hetero) is 2. The molecule has 0 saturated heterocycles. The lowest BCUT2D eigenvalue weighted by molar-refractivity contribution is -0.130. The lowest BCUT2D eigenvalue weighted by atomic mass is 9.70. The summed E-state index contributed by atoms with van der Waals surface area (Å²) in [5, 5.41) is 0. The van der Waals surface area contributed by atoms with Crippen LogP contribution in [0.5, 0.6) is 0 Å². The molecule has 2 nitrogen and oxygen atoms in total. The predicted octanol–water partition coefficient (Wildman–Crippen LogP) is 3.51. The summed E-state index contributed by atoms with van der Waals surface area (Å²) in [6, 6.07) is 9.24. The van der Waals surface area contributed by atoms with Gasteiger partial charge in [-0.15, -0.1) is 0 Å². The third kappa shape index (κ3) is 1.43. The first-order valence-electron chi connectivity index (χ1n) is 7.03. The SMILES string of the molecule is CC1(C)[C@@H]2CC[C@@]1(C)C(=O)[C@@H]2C(=O)c1ccccc1. The van der Waals surface area contributed by atoms with E-state index < -0.39 is 5.92 Å². The highest BCUT2D eigenvalue weighted by Gasteiger charge is 2.67. The lowest BCUT2D eigenvalue weighted by Gasteiger charge is -2.32. The Balaban J connectivity index is 2.01. The van der Waals surface area contributed by atoms with Gasteiger partial charge in [-0.2, -0.15) is 0 Å². The van der Waals surface area contributed by atoms with Crippen LogP contribution in [0.2, 0.25) is 0 Å². The van der Waals surface area contributed by atoms with Crippen molar-refractivity contribution in [2.24, 2.45) is 22.7 Å². The number of carbonyl (C=O) groups excluding carboxylic acids is 2. The van der Waals surface area contributed by atoms with E-state index in [1.165, 1.54) is 0 Å². The minimum Gasteiger partial charge on any atom is -0.298 e. The molecule has 0 aromatic heterocycles. The normalized spacial score (nSPS) is 35.6. The van der Waals surface area contributed by atoms with Gasteiger partial charge < -0.3 is 0 Å². The fourth-order valence-electron chi connectivity index (χ4n) is 4.17. The van der Waals surface area contributed by atoms with Crippen molar-refractivity contribution in [3.8, 4) is 0 Å². The fraction of sp³-hybridized carbons (Fsp3) is 0.529. The molecule has 19 heavy (non-hydrogen) atoms. The summed E-state index contributed by atoms with van der Waals surface area (Å²) in [7, 11) is 0. The lowest BCUT2D eigenvalue weighted by Crippen LogP contribution is -2.35. The molecule has 1 aromatic carbocycles. The van der Waals surface area contributed by atoms with Crippen LogP contribution in [0, 0.1) is 22.7 Å². The molecular weight excluding hydrogens is 236 g/mol. The van der Waals surface area contributed by atoms with Crippen LogP contribution in [0.3, 0.4) is 0 Å². The molecule has 0 unspecified atom stereocenters. The second kappa shape index (κ2) is 3.78. The smallest absolute Gasteiger partial charge is 0.173 e. The van der Waals surface area contributed by atoms with Crippen LogP contribution >= 0.6 is 0 Å². The average molecular weight is 256 g/mol. The molecule has 0 aliphatic heterocycles. The number of benzene rings is 1. The van der Waals surface area contributed by atoms with Gasteiger partial charge in [-0.05, 0) is 24.2 Å². The summed E-state index contributed by atoms with van der Waals surface area (Å²) in [5.41, 5.74) is 0.305. The van der Waals surface area contributed by atoms with E-state index >= 15 is 0 Å². The van der Waals surface area contributed by atoms with Gasteiger partial charge >= 0.3 is 0 Å². The van der Waals surface area contributed by atoms with Crippen LogP contribution in [0.1, 0.15) is 44.0 Å². The van der Waals surface area contributed by atoms with Crippen LogP contribution in [0.25, 0.3) is 0 Å². The molecule has 1 aromatic rings. The average Bonchev–Trinajstić information content (AvgIpc) is 2.71. The minimum absolute atomic E-state index is 0.0205. The van der Waals surface area contributed by atoms with Gasteiger partial charge in [-0.25, -0.2) is 0 Å². The van der Waals surface area contributed by atoms with Gasteiger partial charge in [0.25, 0.3) is 0 Å². The van der Waals surface area contributed by atoms with E-state index in [0.29, 0.717) is 5.56 Å². The molecule has 2 aliphatic carbocycles. The molecule has 2 bridgehead atoms. The van der Waals surface area contributed by atoms with Crippen LogP contribution in [-0.4, -0.2) is 11.6 Å². The monoisotopic (exact) mass is 256 g/mol. The Morgan fingerprint density at radius 2 is 1.79 bits per heavy atom. The standard InChI is InChI=1S/C17H20O2/c1-16(2)12-9-10-17(16,3)15(19)13(12)14(18)11-7-5-4-6-8-11/h4-8,12-13H,9-10H2,1-3H3/t12-,13+,17+/m1/s1. The van der Waals surface area contributed by atoms with Crippen molar-refractivity contribution in [1.82, 2.24) is 0 Å². The van der Waals surface area contributed by atoms with Crippen molar-refractivity contribution < 1.29 is 9.59 Å². The first-order valence-corrected chi connectivity index (χ1v) is 7.03. The maximum Gasteiger partial charge on any atom is 0.173 e. The number of fused-ring (bicyclic) bond motifs is 2. The van der Waals surface area contributed by atoms with Gasteiger partial charge in [-0.1, -0.05) is 51.1 Å². The van der Waals surface area contributed by atoms with Gasteiger partial charge in [0.2, 0.25) is 0 Å². The predicted molar refractivity (Wildman–Crippen MR) is 73.9 cm³/mol. The van der Waals surface area contributed by atoms with Gasteiger partial charge in [0.05, 0.1) is 5.92 Å². The Morgan fingerprint density at radius 3 is 2.32 bits per heavy atom. The maximum atomic E-state index is 12.7. The summed E-state index contributed by atoms with van der Waals surface area (Å²) in [6.07, 6.45) is 1.93. The molecule has 0 amide bonds. The maximum absolute atomic E-state index is 12.7. The number of hydrogen-bond donors (Lipinski definition) is 0. The van der Waals surface area contributed by atoms with Crippen molar-refractivity contribution in [2.75, 3.05) is 0 Å². The number of rotatable bonds is 2. The van der Waals surface area contributed by atoms with Crippen LogP contribution < -0.4 is 0 Å². The zero-order valence-corrected chi connectivity index (χ0v) is 11.8. The van der Waals surface area contributed by atoms with Gasteiger partial charge in [0, 0.05) is 11.0 Å². The third-order valence-electron chi connectivity index (χ3n) is 5.87. The molecule has 2 fully saturated rings. The van der Waals surface area contributed by atoms with E-state index in [1.807, 2.05) is 37.3 Å². The summed E-state index contributed by atoms with van der Waals surface area (Å²) in [5.74, 6) is -0.0245. The third-order valence-corrected chi connectivity index (χ3v) is 5.87. The molecule has 0 heterocycles. The highest BCUT2D eigenvalue weighted by Crippen LogP contribution is 2.66. The highest BCUT2D eigenvalue weighted by atomic mass is 16.2. The Labute approximate surface area is 114 Å². The largest absolute Gasteiger partial charge is 0.298 e. The Morgan fingerprint density at radius 1 is 1.16 bits per heavy atom. The number of carbonyl (C=O) groups is 2. The Hall–Kier alpha value is -1.44. The minimum atomic E-state index is -0.420. The molecule has 2 aliphatic rings. The zero-order valence-electron chi connectivity index (χ0n) is 11.8. The van der Waals surface area contributed by atoms with Crippen LogP contribution in [-0.2, 0) is 4.79 Å². The fourth-order valence-corrected chi connectivity index (χ4v) is 4.17. The molecule has 0 radical (unpaired) electrons. The van der Waals surface area contributed by atoms with E-state index in [0.717, 1.165) is 12.8 Å². The van der Waals surface area contributed by atoms with E-state index in [2.05, 4.69) is 13.8 Å². The summed E-state index contributed by atoms with van der Waals surface area (Å²) in [6.45, 7) is 6.36. The number of hydrogen-bond acceptors (Lipinski definition) is 2. The van der Waals surface area contributed by atoms with Gasteiger partial charge in [-0.3, -0.25) is 9.59 Å². The molecule has 0 spiro atoms. The topological polar surface area (TPSA) is 34.1 Å². The quantitative estimate of drug-likeness (QED) is 0.599. The van der Waals surface area contributed by atoms with E-state index in [1.54, 1.807) is 0 Å².